The van der Waals surface area contributed by atoms with Crippen molar-refractivity contribution in [3.8, 4) is 34.5 Å². The number of Topliss-reactive ketones (excluding diaryl/α,β-unsaturated/α-hetero) is 1. The maximum absolute atomic E-state index is 12.7. The van der Waals surface area contributed by atoms with Gasteiger partial charge < -0.3 is 40.1 Å². The summed E-state index contributed by atoms with van der Waals surface area (Å²) >= 11 is 0. The number of ether oxygens (including phenoxy) is 2. The first-order valence-corrected chi connectivity index (χ1v) is 43.5. The Bertz CT molecular complexity index is 4180. The average molecular weight is 1530 g/mol. The zero-order valence-electron chi connectivity index (χ0n) is 73.9. The van der Waals surface area contributed by atoms with Gasteiger partial charge in [0.25, 0.3) is 0 Å². The molecule has 0 saturated carbocycles. The molecule has 0 aromatic heterocycles. The minimum atomic E-state index is -0.748. The molecule has 0 fully saturated rings. The number of ketones is 2. The Morgan fingerprint density at radius 3 is 1.38 bits per heavy atom. The van der Waals surface area contributed by atoms with Crippen LogP contribution in [0.4, 0.5) is 0 Å². The van der Waals surface area contributed by atoms with E-state index in [9.17, 15) is 40.2 Å². The standard InChI is InChI=1S/C21H32O2.C21H32O.C20H28O3.2C20H28O2/c1-13(2)7-6-8-17(12-22)18-10-9-14(3)20-19(18)11-15(4)16(5)21(20)23;1-13(2)8-7-9-14(3)18-11-10-15(4)20-19(18)12-16(5)17(6)21(20)22;1-11(2)6-5-7-15-14-9-8-12(3)17-16(21)10-13(4)19(18(14)17)23-20(15)22;1-12(2)6-5-7-15-11-22-20-14(4)10-17(21)18-13(3)8-9-16(15)19(18)20;1-12(2)7-6-8-13(3)16-10-9-14(4)18-17(21)11-15(5)20(22)19(16)18/h7,11,14,17-18,22-23H,6,8-10,12H2,1-5H3;8,12,14-15,18,22H,7,9-11H2,1-6H3;6,10,12,14-15,20-22H,5,7-9H2,1-4H3;6,10,13,15-16,21H,5,7-9,11H2,1-4H3;7,11,13-14,16H,6,8-10H2,1-5H3/t14-,17-,18+;14-,15+,18-;12-,14+,15+,20?;13-,15-,16+;13-,14+,16-/m10110/s1. The Hall–Kier alpha value is -6.88. The van der Waals surface area contributed by atoms with Crippen LogP contribution in [-0.2, 0) is 9.59 Å². The SMILES string of the molecule is CC(C)=CCC[C@@H]1C(O)Oc2c(C)cc(O)c3c2[C@H]1CC[C@H]3C.CC(C)=CCC[C@@H]1COc2c(C)cc(O)c3c2[C@H]1CC[C@H]3C.CC(C)=CCC[C@H](C)[C@@H]1CC[C@@H](C)C2=C1C(=O)C(C)=CC2=O.CC(C)=CCC[C@H](C)[C@@H]1CC[C@@H](C)c2c1cc(C)c(C)c2O.CC(C)=CCC[C@H](CO)[C@@H]1CC[C@@H](C)c2c1cc(C)c(C)c2O. The van der Waals surface area contributed by atoms with Gasteiger partial charge in [-0.15, -0.1) is 0 Å². The van der Waals surface area contributed by atoms with Crippen LogP contribution in [0.15, 0.2) is 105 Å². The van der Waals surface area contributed by atoms with Crippen molar-refractivity contribution in [2.24, 2.45) is 41.4 Å². The summed E-state index contributed by atoms with van der Waals surface area (Å²) in [7, 11) is 0. The molecular weight excluding hydrogens is 1390 g/mol. The minimum Gasteiger partial charge on any atom is -0.508 e. The molecule has 10 heteroatoms. The third-order valence-electron chi connectivity index (χ3n) is 27.1. The van der Waals surface area contributed by atoms with Crippen molar-refractivity contribution >= 4 is 11.6 Å². The van der Waals surface area contributed by atoms with Gasteiger partial charge in [0.1, 0.15) is 34.5 Å². The van der Waals surface area contributed by atoms with E-state index in [1.807, 2.05) is 26.8 Å². The molecule has 4 aromatic carbocycles. The Balaban J connectivity index is 0.000000176. The van der Waals surface area contributed by atoms with Crippen molar-refractivity contribution < 1.29 is 49.7 Å². The van der Waals surface area contributed by atoms with Gasteiger partial charge in [-0.05, 0) is 386 Å². The monoisotopic (exact) mass is 1530 g/mol. The molecule has 6 N–H and O–H groups in total. The second kappa shape index (κ2) is 40.6. The summed E-state index contributed by atoms with van der Waals surface area (Å²) in [5, 5.41) is 62.7. The van der Waals surface area contributed by atoms with Crippen LogP contribution in [-0.4, -0.2) is 61.7 Å². The number of aliphatic hydroxyl groups excluding tert-OH is 2. The topological polar surface area (TPSA) is 174 Å². The van der Waals surface area contributed by atoms with Crippen molar-refractivity contribution in [1.82, 2.24) is 0 Å². The second-order valence-electron chi connectivity index (χ2n) is 37.3. The number of fused-ring (bicyclic) bond motifs is 2. The summed E-state index contributed by atoms with van der Waals surface area (Å²) in [6.45, 7) is 52.0. The van der Waals surface area contributed by atoms with E-state index in [1.54, 1.807) is 13.0 Å². The van der Waals surface area contributed by atoms with Crippen LogP contribution >= 0.6 is 0 Å². The lowest BCUT2D eigenvalue weighted by Gasteiger charge is -2.43. The average Bonchev–Trinajstić information content (AvgIpc) is 0.750. The third-order valence-corrected chi connectivity index (χ3v) is 27.1. The van der Waals surface area contributed by atoms with Crippen LogP contribution in [0.2, 0.25) is 0 Å². The fourth-order valence-electron chi connectivity index (χ4n) is 20.3. The highest BCUT2D eigenvalue weighted by atomic mass is 16.6. The molecule has 0 radical (unpaired) electrons. The first-order valence-electron chi connectivity index (χ1n) is 43.5. The van der Waals surface area contributed by atoms with E-state index < -0.39 is 6.29 Å². The molecule has 8 aliphatic rings. The molecule has 10 nitrogen and oxygen atoms in total. The van der Waals surface area contributed by atoms with Crippen molar-refractivity contribution in [1.29, 1.82) is 0 Å². The maximum atomic E-state index is 12.7. The van der Waals surface area contributed by atoms with Crippen LogP contribution in [0.25, 0.3) is 0 Å². The highest BCUT2D eigenvalue weighted by molar-refractivity contribution is 6.23. The molecule has 1 unspecified atom stereocenters. The number of hydrogen-bond acceptors (Lipinski definition) is 10. The summed E-state index contributed by atoms with van der Waals surface area (Å²) in [5.74, 6) is 9.96. The molecule has 0 saturated heterocycles. The molecule has 16 atom stereocenters. The molecule has 12 rings (SSSR count). The Morgan fingerprint density at radius 1 is 0.455 bits per heavy atom. The number of hydrogen-bond donors (Lipinski definition) is 6. The lowest BCUT2D eigenvalue weighted by atomic mass is 9.67. The van der Waals surface area contributed by atoms with Crippen LogP contribution < -0.4 is 9.47 Å². The van der Waals surface area contributed by atoms with Gasteiger partial charge in [0.05, 0.1) is 6.61 Å². The second-order valence-corrected chi connectivity index (χ2v) is 37.3. The van der Waals surface area contributed by atoms with Gasteiger partial charge in [0, 0.05) is 68.5 Å². The van der Waals surface area contributed by atoms with Gasteiger partial charge in [-0.25, -0.2) is 0 Å². The van der Waals surface area contributed by atoms with Crippen LogP contribution in [0.3, 0.4) is 0 Å². The van der Waals surface area contributed by atoms with Gasteiger partial charge in [0.15, 0.2) is 11.6 Å². The number of benzene rings is 4. The van der Waals surface area contributed by atoms with E-state index in [2.05, 4.69) is 181 Å². The van der Waals surface area contributed by atoms with Crippen molar-refractivity contribution in [3.05, 3.63) is 183 Å². The zero-order valence-corrected chi connectivity index (χ0v) is 73.9. The lowest BCUT2D eigenvalue weighted by Crippen LogP contribution is -2.38. The van der Waals surface area contributed by atoms with Gasteiger partial charge in [-0.1, -0.05) is 119 Å². The van der Waals surface area contributed by atoms with Crippen molar-refractivity contribution in [2.75, 3.05) is 13.2 Å². The van der Waals surface area contributed by atoms with E-state index in [4.69, 9.17) is 9.47 Å². The van der Waals surface area contributed by atoms with Crippen molar-refractivity contribution in [3.63, 3.8) is 0 Å². The van der Waals surface area contributed by atoms with E-state index >= 15 is 0 Å². The third kappa shape index (κ3) is 21.6. The number of allylic oxidation sites excluding steroid dienone is 14. The highest BCUT2D eigenvalue weighted by Crippen LogP contribution is 2.58. The minimum absolute atomic E-state index is 0.0702. The molecule has 0 amide bonds. The Morgan fingerprint density at radius 2 is 0.866 bits per heavy atom. The molecule has 616 valence electrons. The van der Waals surface area contributed by atoms with Gasteiger partial charge in [-0.2, -0.15) is 0 Å². The number of phenols is 4. The first-order chi connectivity index (χ1) is 52.9. The number of aliphatic hydroxyl groups is 2. The molecule has 0 spiro atoms. The number of aromatic hydroxyl groups is 4. The molecule has 2 heterocycles. The fraction of sp³-hybridized carbons (Fsp3) is 0.608. The molecular formula is C102H148O10. The van der Waals surface area contributed by atoms with E-state index in [0.717, 1.165) is 163 Å². The van der Waals surface area contributed by atoms with Crippen LogP contribution in [0.5, 0.6) is 34.5 Å². The predicted molar refractivity (Wildman–Crippen MR) is 466 cm³/mol. The number of rotatable bonds is 19. The molecule has 4 aromatic rings. The molecule has 112 heavy (non-hydrogen) atoms. The largest absolute Gasteiger partial charge is 0.508 e. The maximum Gasteiger partial charge on any atom is 0.200 e. The molecule has 0 bridgehead atoms. The van der Waals surface area contributed by atoms with Gasteiger partial charge in [-0.3, -0.25) is 9.59 Å². The lowest BCUT2D eigenvalue weighted by molar-refractivity contribution is -0.117. The van der Waals surface area contributed by atoms with E-state index in [0.29, 0.717) is 87.8 Å². The Labute approximate surface area is 678 Å². The number of carbonyl (C=O) groups is 2. The van der Waals surface area contributed by atoms with E-state index in [-0.39, 0.29) is 47.8 Å². The molecule has 6 aliphatic carbocycles. The van der Waals surface area contributed by atoms with Crippen LogP contribution in [0.1, 0.15) is 378 Å². The molecule has 2 aliphatic heterocycles. The van der Waals surface area contributed by atoms with Crippen molar-refractivity contribution in [2.45, 2.75) is 348 Å². The van der Waals surface area contributed by atoms with E-state index in [1.165, 1.54) is 107 Å². The van der Waals surface area contributed by atoms with Gasteiger partial charge in [0.2, 0.25) is 6.29 Å². The summed E-state index contributed by atoms with van der Waals surface area (Å²) < 4.78 is 12.0. The number of carbonyl (C=O) groups excluding carboxylic acids is 2. The normalized spacial score (nSPS) is 25.0. The first kappa shape index (κ1) is 90.7. The fourth-order valence-corrected chi connectivity index (χ4v) is 20.3. The Kier molecular flexibility index (Phi) is 32.9. The quantitative estimate of drug-likeness (QED) is 0.0392. The summed E-state index contributed by atoms with van der Waals surface area (Å²) in [6.07, 6.45) is 34.2. The summed E-state index contributed by atoms with van der Waals surface area (Å²) in [6, 6.07) is 8.27. The van der Waals surface area contributed by atoms with Crippen LogP contribution in [0, 0.1) is 83.0 Å². The van der Waals surface area contributed by atoms with Gasteiger partial charge >= 0.3 is 0 Å². The smallest absolute Gasteiger partial charge is 0.200 e. The number of phenolic OH excluding ortho intramolecular Hbond substituents is 4. The predicted octanol–water partition coefficient (Wildman–Crippen LogP) is 26.7. The summed E-state index contributed by atoms with van der Waals surface area (Å²) in [5.41, 5.74) is 25.2. The highest BCUT2D eigenvalue weighted by Gasteiger charge is 2.45. The summed E-state index contributed by atoms with van der Waals surface area (Å²) in [4.78, 5) is 25.0. The number of aryl methyl sites for hydroxylation is 4. The zero-order chi connectivity index (χ0) is 82.6.